The molecule has 0 saturated heterocycles. The van der Waals surface area contributed by atoms with Gasteiger partial charge in [-0.25, -0.2) is 38.4 Å². The monoisotopic (exact) mass is 1390 g/mol. The van der Waals surface area contributed by atoms with Crippen LogP contribution in [0, 0.1) is 27.1 Å². The zero-order valence-electron chi connectivity index (χ0n) is 63.7. The molecule has 0 unspecified atom stereocenters. The van der Waals surface area contributed by atoms with Gasteiger partial charge in [-0.3, -0.25) is 4.79 Å². The number of carbonyl (C=O) groups excluding carboxylic acids is 7. The average Bonchev–Trinajstić information content (AvgIpc) is 0.870. The number of benzene rings is 3. The number of nitrogens with two attached hydrogens (primary N) is 1. The number of carboxylic acids is 2. The van der Waals surface area contributed by atoms with Crippen molar-refractivity contribution in [1.82, 2.24) is 31.1 Å². The largest absolute Gasteiger partial charge is 0.480 e. The predicted molar refractivity (Wildman–Crippen MR) is 382 cm³/mol. The SMILES string of the molecule is CC(C)(C)OC(=O)N[C@H](C(=O)O)C(C)(C)C.CC(C)(C)OC(=O)N[C@H](C(=O)OCc1ccccc1)C(C)(C)C.CC(C)(C)[C@H](N)C(=O)OCc1ccccc1.CN(C(=O)N[C@H](C(=O)O)C(C)(C)C)C(C)(C)C.CN(C(=O)N[C@H](C(=O)OCc1ccccc1)C(C)(C)C)C(C)(C)C.Cl. The minimum Gasteiger partial charge on any atom is -0.480 e. The summed E-state index contributed by atoms with van der Waals surface area (Å²) in [5, 5.41) is 28.4. The number of aliphatic carboxylic acids is 2. The fraction of sp³-hybridized carbons (Fsp3) is 0.630. The number of ether oxygens (including phenoxy) is 5. The first-order valence-electron chi connectivity index (χ1n) is 32.0. The van der Waals surface area contributed by atoms with Crippen molar-refractivity contribution in [3.05, 3.63) is 108 Å². The topological polar surface area (TPSA) is 321 Å². The molecular formula is C73H122ClN7O16. The standard InChI is InChI=1S/C19H30N2O3.C18H27NO4.C13H19NO2.C12H24N2O3.C11H21NO4.ClH/c1-18(2,3)15(20-17(23)21(7)19(4,5)6)16(22)24-13-14-11-9-8-10-12-14;1-17(2,3)14(19-16(21)23-18(4,5)6)15(20)22-12-13-10-8-7-9-11-13;1-13(2,3)11(14)12(15)16-9-10-7-5-4-6-8-10;1-11(2,3)8(9(15)16)13-10(17)14(7)12(4,5)6;1-10(2,3)7(8(13)14)12-9(15)16-11(4,5)6;/h8-12,15H,13H2,1-7H3,(H,20,23);7-11,14H,12H2,1-6H3,(H,19,21);4-8,11H,9,14H2,1-3H3;8H,1-7H3,(H,13,17)(H,15,16);7H,1-6H3,(H,12,15)(H,13,14);1H/t15-;14-;11-;8-;7-;/m11111./s1. The van der Waals surface area contributed by atoms with Crippen molar-refractivity contribution in [3.63, 3.8) is 0 Å². The number of esters is 3. The Kier molecular flexibility index (Phi) is 38.2. The third kappa shape index (κ3) is 40.6. The summed E-state index contributed by atoms with van der Waals surface area (Å²) in [7, 11) is 3.36. The van der Waals surface area contributed by atoms with Crippen LogP contribution in [0.1, 0.15) is 204 Å². The van der Waals surface area contributed by atoms with Crippen LogP contribution in [0.3, 0.4) is 0 Å². The molecule has 0 bridgehead atoms. The Morgan fingerprint density at radius 1 is 0.371 bits per heavy atom. The molecule has 0 heterocycles. The number of nitrogens with one attached hydrogen (secondary N) is 4. The van der Waals surface area contributed by atoms with Gasteiger partial charge in [-0.2, -0.15) is 0 Å². The first-order valence-corrected chi connectivity index (χ1v) is 32.0. The summed E-state index contributed by atoms with van der Waals surface area (Å²) in [6, 6.07) is 23.8. The normalized spacial score (nSPS) is 13.3. The Hall–Kier alpha value is -7.66. The van der Waals surface area contributed by atoms with E-state index in [0.717, 1.165) is 16.7 Å². The zero-order valence-corrected chi connectivity index (χ0v) is 64.5. The maximum absolute atomic E-state index is 12.5. The molecule has 552 valence electrons. The van der Waals surface area contributed by atoms with Crippen LogP contribution >= 0.6 is 12.4 Å². The molecule has 97 heavy (non-hydrogen) atoms. The highest BCUT2D eigenvalue weighted by Gasteiger charge is 2.39. The van der Waals surface area contributed by atoms with Gasteiger partial charge in [0.2, 0.25) is 0 Å². The van der Waals surface area contributed by atoms with Gasteiger partial charge in [0.25, 0.3) is 0 Å². The molecule has 3 aromatic carbocycles. The van der Waals surface area contributed by atoms with Crippen molar-refractivity contribution < 1.29 is 77.0 Å². The molecular weight excluding hydrogens is 1270 g/mol. The lowest BCUT2D eigenvalue weighted by atomic mass is 9.86. The van der Waals surface area contributed by atoms with Gasteiger partial charge in [0, 0.05) is 25.2 Å². The van der Waals surface area contributed by atoms with Crippen LogP contribution in [-0.4, -0.2) is 141 Å². The van der Waals surface area contributed by atoms with Crippen molar-refractivity contribution in [3.8, 4) is 0 Å². The maximum atomic E-state index is 12.5. The van der Waals surface area contributed by atoms with Gasteiger partial charge in [-0.15, -0.1) is 12.4 Å². The molecule has 23 nitrogen and oxygen atoms in total. The zero-order chi connectivity index (χ0) is 75.6. The van der Waals surface area contributed by atoms with E-state index in [1.807, 2.05) is 195 Å². The molecule has 0 saturated carbocycles. The Morgan fingerprint density at radius 2 is 0.598 bits per heavy atom. The number of hydrogen-bond donors (Lipinski definition) is 7. The van der Waals surface area contributed by atoms with Crippen LogP contribution in [0.4, 0.5) is 19.2 Å². The highest BCUT2D eigenvalue weighted by Crippen LogP contribution is 2.26. The second kappa shape index (κ2) is 39.7. The summed E-state index contributed by atoms with van der Waals surface area (Å²) in [6.07, 6.45) is -1.34. The van der Waals surface area contributed by atoms with Gasteiger partial charge in [-0.1, -0.05) is 195 Å². The number of urea groups is 2. The Bertz CT molecular complexity index is 2900. The molecule has 0 spiro atoms. The van der Waals surface area contributed by atoms with Crippen LogP contribution < -0.4 is 27.0 Å². The minimum absolute atomic E-state index is 0. The number of halogens is 1. The van der Waals surface area contributed by atoms with Crippen molar-refractivity contribution in [2.24, 2.45) is 32.8 Å². The van der Waals surface area contributed by atoms with E-state index in [1.165, 1.54) is 4.90 Å². The number of carbonyl (C=O) groups is 9. The highest BCUT2D eigenvalue weighted by atomic mass is 35.5. The summed E-state index contributed by atoms with van der Waals surface area (Å²) >= 11 is 0. The molecule has 3 rings (SSSR count). The summed E-state index contributed by atoms with van der Waals surface area (Å²) in [5.41, 5.74) is 4.31. The smallest absolute Gasteiger partial charge is 0.408 e. The van der Waals surface area contributed by atoms with Gasteiger partial charge in [-0.05, 0) is 127 Å². The van der Waals surface area contributed by atoms with E-state index in [2.05, 4.69) is 21.3 Å². The quantitative estimate of drug-likeness (QED) is 0.0549. The van der Waals surface area contributed by atoms with Gasteiger partial charge in [0.05, 0.1) is 0 Å². The summed E-state index contributed by atoms with van der Waals surface area (Å²) in [4.78, 5) is 109. The molecule has 0 aliphatic heterocycles. The predicted octanol–water partition coefficient (Wildman–Crippen LogP) is 13.7. The lowest BCUT2D eigenvalue weighted by Gasteiger charge is -2.36. The molecule has 6 amide bonds. The highest BCUT2D eigenvalue weighted by molar-refractivity contribution is 5.86. The van der Waals surface area contributed by atoms with Gasteiger partial charge < -0.3 is 70.7 Å². The number of amides is 6. The van der Waals surface area contributed by atoms with Crippen LogP contribution in [0.5, 0.6) is 0 Å². The van der Waals surface area contributed by atoms with E-state index < -0.39 is 99.1 Å². The Morgan fingerprint density at radius 3 is 0.825 bits per heavy atom. The maximum Gasteiger partial charge on any atom is 0.408 e. The summed E-state index contributed by atoms with van der Waals surface area (Å²) < 4.78 is 26.1. The summed E-state index contributed by atoms with van der Waals surface area (Å²) in [6.45, 7) is 50.2. The van der Waals surface area contributed by atoms with E-state index in [9.17, 15) is 43.2 Å². The van der Waals surface area contributed by atoms with Crippen LogP contribution in [0.25, 0.3) is 0 Å². The third-order valence-electron chi connectivity index (χ3n) is 13.8. The third-order valence-corrected chi connectivity index (χ3v) is 13.8. The van der Waals surface area contributed by atoms with E-state index in [1.54, 1.807) is 102 Å². The number of hydrogen-bond acceptors (Lipinski definition) is 15. The average molecular weight is 1390 g/mol. The van der Waals surface area contributed by atoms with Crippen molar-refractivity contribution >= 4 is 66.5 Å². The van der Waals surface area contributed by atoms with Gasteiger partial charge in [0.1, 0.15) is 61.2 Å². The minimum atomic E-state index is -1.07. The fourth-order valence-electron chi connectivity index (χ4n) is 7.25. The van der Waals surface area contributed by atoms with Crippen molar-refractivity contribution in [2.45, 2.75) is 259 Å². The second-order valence-electron chi connectivity index (χ2n) is 32.6. The fourth-order valence-corrected chi connectivity index (χ4v) is 7.25. The molecule has 0 fully saturated rings. The first kappa shape index (κ1) is 93.5. The van der Waals surface area contributed by atoms with Crippen molar-refractivity contribution in [1.29, 1.82) is 0 Å². The number of rotatable bonds is 15. The second-order valence-corrected chi connectivity index (χ2v) is 32.6. The molecule has 0 aliphatic rings. The molecule has 24 heteroatoms. The van der Waals surface area contributed by atoms with Crippen molar-refractivity contribution in [2.75, 3.05) is 14.1 Å². The Balaban J connectivity index is -0.00000115. The van der Waals surface area contributed by atoms with Crippen LogP contribution in [0.2, 0.25) is 0 Å². The van der Waals surface area contributed by atoms with E-state index in [-0.39, 0.29) is 66.8 Å². The molecule has 3 aromatic rings. The molecule has 5 atom stereocenters. The number of carboxylic acid groups (broad SMARTS) is 2. The molecule has 8 N–H and O–H groups in total. The van der Waals surface area contributed by atoms with Gasteiger partial charge >= 0.3 is 54.1 Å². The Labute approximate surface area is 585 Å². The van der Waals surface area contributed by atoms with Crippen LogP contribution in [-0.2, 0) is 67.5 Å². The number of alkyl carbamates (subject to hydrolysis) is 2. The molecule has 0 radical (unpaired) electrons. The van der Waals surface area contributed by atoms with E-state index in [4.69, 9.17) is 39.6 Å². The number of nitrogens with zero attached hydrogens (tertiary/aromatic N) is 2. The molecule has 0 aromatic heterocycles. The van der Waals surface area contributed by atoms with E-state index in [0.29, 0.717) is 0 Å². The first-order chi connectivity index (χ1) is 43.1. The van der Waals surface area contributed by atoms with Crippen LogP contribution in [0.15, 0.2) is 91.0 Å². The lowest BCUT2D eigenvalue weighted by molar-refractivity contribution is -0.151. The van der Waals surface area contributed by atoms with Gasteiger partial charge in [0.15, 0.2) is 0 Å². The summed E-state index contributed by atoms with van der Waals surface area (Å²) in [5.74, 6) is -3.35. The molecule has 0 aliphatic carbocycles. The van der Waals surface area contributed by atoms with E-state index >= 15 is 0 Å². The lowest BCUT2D eigenvalue weighted by Crippen LogP contribution is -2.56.